The summed E-state index contributed by atoms with van der Waals surface area (Å²) < 4.78 is 0.445. The molecule has 0 spiro atoms. The number of nitrogens with zero attached hydrogens (tertiary/aromatic N) is 1. The Bertz CT molecular complexity index is 440. The van der Waals surface area contributed by atoms with E-state index in [0.717, 1.165) is 0 Å². The highest BCUT2D eigenvalue weighted by Crippen LogP contribution is 2.19. The molecule has 1 heterocycles. The number of carboxylic acids is 1. The van der Waals surface area contributed by atoms with E-state index >= 15 is 0 Å². The molecule has 0 saturated carbocycles. The molecule has 7 nitrogen and oxygen atoms in total. The summed E-state index contributed by atoms with van der Waals surface area (Å²) in [6.45, 7) is 4.91. The SMILES string of the molecule is C=C(Br)C[C@H](NC(=O)[C@@H]1C[C@@H](O)CN1C(C)=O)C(=O)O. The Labute approximate surface area is 124 Å². The maximum Gasteiger partial charge on any atom is 0.326 e. The molecular weight excluding hydrogens is 332 g/mol. The molecule has 0 aromatic rings. The lowest BCUT2D eigenvalue weighted by molar-refractivity contribution is -0.143. The summed E-state index contributed by atoms with van der Waals surface area (Å²) >= 11 is 3.05. The maximum atomic E-state index is 12.1. The largest absolute Gasteiger partial charge is 0.480 e. The van der Waals surface area contributed by atoms with Crippen molar-refractivity contribution in [2.24, 2.45) is 0 Å². The second kappa shape index (κ2) is 6.85. The number of carbonyl (C=O) groups is 3. The molecule has 1 aliphatic rings. The summed E-state index contributed by atoms with van der Waals surface area (Å²) in [5, 5.41) is 20.9. The van der Waals surface area contributed by atoms with E-state index in [1.165, 1.54) is 11.8 Å². The lowest BCUT2D eigenvalue weighted by Crippen LogP contribution is -2.50. The molecule has 0 aliphatic carbocycles. The van der Waals surface area contributed by atoms with Crippen LogP contribution in [0.4, 0.5) is 0 Å². The molecule has 2 amide bonds. The molecule has 20 heavy (non-hydrogen) atoms. The first-order valence-electron chi connectivity index (χ1n) is 6.04. The van der Waals surface area contributed by atoms with E-state index in [0.29, 0.717) is 4.48 Å². The number of aliphatic hydroxyl groups is 1. The Balaban J connectivity index is 2.75. The van der Waals surface area contributed by atoms with Crippen molar-refractivity contribution in [3.8, 4) is 0 Å². The van der Waals surface area contributed by atoms with Gasteiger partial charge in [0.2, 0.25) is 11.8 Å². The number of aliphatic carboxylic acids is 1. The van der Waals surface area contributed by atoms with Crippen molar-refractivity contribution in [3.05, 3.63) is 11.1 Å². The van der Waals surface area contributed by atoms with Crippen LogP contribution in [0.2, 0.25) is 0 Å². The number of amides is 2. The zero-order valence-corrected chi connectivity index (χ0v) is 12.6. The Morgan fingerprint density at radius 1 is 1.50 bits per heavy atom. The van der Waals surface area contributed by atoms with Crippen molar-refractivity contribution >= 4 is 33.7 Å². The summed E-state index contributed by atoms with van der Waals surface area (Å²) in [4.78, 5) is 35.8. The van der Waals surface area contributed by atoms with E-state index < -0.39 is 30.1 Å². The van der Waals surface area contributed by atoms with Crippen molar-refractivity contribution in [3.63, 3.8) is 0 Å². The van der Waals surface area contributed by atoms with Crippen LogP contribution < -0.4 is 5.32 Å². The van der Waals surface area contributed by atoms with Gasteiger partial charge in [-0.05, 0) is 4.48 Å². The zero-order valence-electron chi connectivity index (χ0n) is 11.0. The van der Waals surface area contributed by atoms with E-state index in [2.05, 4.69) is 27.8 Å². The molecule has 112 valence electrons. The van der Waals surface area contributed by atoms with Crippen LogP contribution in [0.1, 0.15) is 19.8 Å². The Kier molecular flexibility index (Phi) is 5.70. The lowest BCUT2D eigenvalue weighted by Gasteiger charge is -2.24. The Morgan fingerprint density at radius 2 is 2.10 bits per heavy atom. The number of halogens is 1. The maximum absolute atomic E-state index is 12.1. The summed E-state index contributed by atoms with van der Waals surface area (Å²) in [6, 6.07) is -1.96. The highest BCUT2D eigenvalue weighted by molar-refractivity contribution is 9.11. The van der Waals surface area contributed by atoms with Gasteiger partial charge < -0.3 is 20.4 Å². The molecule has 0 radical (unpaired) electrons. The van der Waals surface area contributed by atoms with E-state index in [9.17, 15) is 19.5 Å². The van der Waals surface area contributed by atoms with E-state index in [1.807, 2.05) is 0 Å². The standard InChI is InChI=1S/C12H17BrN2O5/c1-6(13)3-9(12(19)20)14-11(18)10-4-8(17)5-15(10)7(2)16/h8-10,17H,1,3-5H2,2H3,(H,14,18)(H,19,20)/t8-,9+,10+/m1/s1. The number of nitrogens with one attached hydrogen (secondary N) is 1. The smallest absolute Gasteiger partial charge is 0.326 e. The molecule has 1 rings (SSSR count). The van der Waals surface area contributed by atoms with Crippen molar-refractivity contribution in [2.75, 3.05) is 6.54 Å². The molecule has 1 saturated heterocycles. The lowest BCUT2D eigenvalue weighted by atomic mass is 10.1. The molecule has 0 aromatic carbocycles. The third kappa shape index (κ3) is 4.31. The predicted molar refractivity (Wildman–Crippen MR) is 74.0 cm³/mol. The van der Waals surface area contributed by atoms with Crippen LogP contribution in [0.15, 0.2) is 11.1 Å². The third-order valence-electron chi connectivity index (χ3n) is 3.03. The highest BCUT2D eigenvalue weighted by atomic mass is 79.9. The molecule has 8 heteroatoms. The van der Waals surface area contributed by atoms with Gasteiger partial charge in [-0.3, -0.25) is 9.59 Å². The van der Waals surface area contributed by atoms with Gasteiger partial charge in [0.1, 0.15) is 12.1 Å². The molecule has 3 N–H and O–H groups in total. The minimum absolute atomic E-state index is 0.0381. The monoisotopic (exact) mass is 348 g/mol. The number of hydrogen-bond donors (Lipinski definition) is 3. The molecule has 0 unspecified atom stereocenters. The summed E-state index contributed by atoms with van der Waals surface area (Å²) in [7, 11) is 0. The third-order valence-corrected chi connectivity index (χ3v) is 3.35. The summed E-state index contributed by atoms with van der Waals surface area (Å²) in [5.41, 5.74) is 0. The molecule has 0 bridgehead atoms. The summed E-state index contributed by atoms with van der Waals surface area (Å²) in [5.74, 6) is -2.11. The van der Waals surface area contributed by atoms with Gasteiger partial charge in [0.15, 0.2) is 0 Å². The van der Waals surface area contributed by atoms with Crippen molar-refractivity contribution < 1.29 is 24.6 Å². The van der Waals surface area contributed by atoms with Gasteiger partial charge in [-0.25, -0.2) is 4.79 Å². The fourth-order valence-corrected chi connectivity index (χ4v) is 2.42. The van der Waals surface area contributed by atoms with E-state index in [1.54, 1.807) is 0 Å². The van der Waals surface area contributed by atoms with Crippen LogP contribution in [0, 0.1) is 0 Å². The molecule has 1 fully saturated rings. The average molecular weight is 349 g/mol. The highest BCUT2D eigenvalue weighted by Gasteiger charge is 2.38. The quantitative estimate of drug-likeness (QED) is 0.639. The number of rotatable bonds is 5. The number of carboxylic acid groups (broad SMARTS) is 1. The van der Waals surface area contributed by atoms with Gasteiger partial charge in [0.05, 0.1) is 6.10 Å². The van der Waals surface area contributed by atoms with Crippen LogP contribution in [-0.2, 0) is 14.4 Å². The number of likely N-dealkylation sites (tertiary alicyclic amines) is 1. The minimum atomic E-state index is -1.19. The number of aliphatic hydroxyl groups excluding tert-OH is 1. The van der Waals surface area contributed by atoms with Crippen LogP contribution in [0.5, 0.6) is 0 Å². The Hall–Kier alpha value is -1.41. The van der Waals surface area contributed by atoms with Gasteiger partial charge in [0.25, 0.3) is 0 Å². The number of β-amino-alcohol motifs (C(OH)–C–C–N with tert-alkyl or cyclic N) is 1. The zero-order chi connectivity index (χ0) is 15.4. The molecule has 3 atom stereocenters. The van der Waals surface area contributed by atoms with Crippen LogP contribution in [0.25, 0.3) is 0 Å². The van der Waals surface area contributed by atoms with Crippen LogP contribution in [-0.4, -0.2) is 57.6 Å². The van der Waals surface area contributed by atoms with Gasteiger partial charge in [-0.1, -0.05) is 22.5 Å². The molecule has 0 aromatic heterocycles. The minimum Gasteiger partial charge on any atom is -0.480 e. The molecular formula is C12H17BrN2O5. The average Bonchev–Trinajstić information content (AvgIpc) is 2.69. The Morgan fingerprint density at radius 3 is 2.55 bits per heavy atom. The van der Waals surface area contributed by atoms with E-state index in [4.69, 9.17) is 5.11 Å². The first kappa shape index (κ1) is 16.6. The number of hydrogen-bond acceptors (Lipinski definition) is 4. The van der Waals surface area contributed by atoms with Crippen LogP contribution in [0.3, 0.4) is 0 Å². The predicted octanol–water partition coefficient (Wildman–Crippen LogP) is -0.164. The van der Waals surface area contributed by atoms with E-state index in [-0.39, 0.29) is 25.3 Å². The van der Waals surface area contributed by atoms with Crippen molar-refractivity contribution in [1.29, 1.82) is 0 Å². The topological polar surface area (TPSA) is 107 Å². The fraction of sp³-hybridized carbons (Fsp3) is 0.583. The van der Waals surface area contributed by atoms with Gasteiger partial charge >= 0.3 is 5.97 Å². The number of carbonyl (C=O) groups excluding carboxylic acids is 2. The van der Waals surface area contributed by atoms with Gasteiger partial charge in [-0.2, -0.15) is 0 Å². The first-order chi connectivity index (χ1) is 9.22. The summed E-state index contributed by atoms with van der Waals surface area (Å²) in [6.07, 6.45) is -0.632. The normalized spacial score (nSPS) is 23.2. The second-order valence-electron chi connectivity index (χ2n) is 4.70. The first-order valence-corrected chi connectivity index (χ1v) is 6.83. The molecule has 1 aliphatic heterocycles. The second-order valence-corrected chi connectivity index (χ2v) is 5.82. The van der Waals surface area contributed by atoms with Gasteiger partial charge in [0, 0.05) is 26.3 Å². The van der Waals surface area contributed by atoms with Gasteiger partial charge in [-0.15, -0.1) is 0 Å². The fourth-order valence-electron chi connectivity index (χ4n) is 2.10. The van der Waals surface area contributed by atoms with Crippen molar-refractivity contribution in [2.45, 2.75) is 38.0 Å². The van der Waals surface area contributed by atoms with Crippen molar-refractivity contribution in [1.82, 2.24) is 10.2 Å². The van der Waals surface area contributed by atoms with Crippen LogP contribution >= 0.6 is 15.9 Å².